The molecule has 0 saturated heterocycles. The number of rotatable bonds is 8. The fourth-order valence-electron chi connectivity index (χ4n) is 1.19. The van der Waals surface area contributed by atoms with Gasteiger partial charge in [-0.3, -0.25) is 9.59 Å². The number of hydrogen-bond acceptors (Lipinski definition) is 3. The second-order valence-electron chi connectivity index (χ2n) is 3.18. The number of amides is 1. The molecular weight excluding hydrogens is 206 g/mol. The summed E-state index contributed by atoms with van der Waals surface area (Å²) in [6.45, 7) is 10.2. The maximum absolute atomic E-state index is 11.7. The molecule has 0 rings (SSSR count). The van der Waals surface area contributed by atoms with Crippen molar-refractivity contribution >= 4 is 11.9 Å². The van der Waals surface area contributed by atoms with Crippen LogP contribution in [0.1, 0.15) is 19.8 Å². The van der Waals surface area contributed by atoms with Gasteiger partial charge < -0.3 is 9.64 Å². The van der Waals surface area contributed by atoms with Gasteiger partial charge in [0.2, 0.25) is 5.91 Å². The lowest BCUT2D eigenvalue weighted by molar-refractivity contribution is -0.145. The average Bonchev–Trinajstić information content (AvgIpc) is 2.26. The number of carbonyl (C=O) groups is 2. The highest BCUT2D eigenvalue weighted by molar-refractivity contribution is 5.81. The van der Waals surface area contributed by atoms with E-state index in [0.717, 1.165) is 0 Å². The van der Waals surface area contributed by atoms with Crippen molar-refractivity contribution in [1.82, 2.24) is 4.90 Å². The van der Waals surface area contributed by atoms with Gasteiger partial charge in [-0.2, -0.15) is 0 Å². The third-order valence-corrected chi connectivity index (χ3v) is 1.90. The highest BCUT2D eigenvalue weighted by atomic mass is 16.5. The van der Waals surface area contributed by atoms with Crippen molar-refractivity contribution in [3.63, 3.8) is 0 Å². The number of nitrogens with zero attached hydrogens (tertiary/aromatic N) is 1. The lowest BCUT2D eigenvalue weighted by Crippen LogP contribution is -2.31. The summed E-state index contributed by atoms with van der Waals surface area (Å²) in [7, 11) is 0. The van der Waals surface area contributed by atoms with Crippen LogP contribution in [0.2, 0.25) is 0 Å². The predicted molar refractivity (Wildman–Crippen MR) is 62.8 cm³/mol. The Labute approximate surface area is 96.6 Å². The molecule has 0 atom stereocenters. The van der Waals surface area contributed by atoms with Crippen LogP contribution < -0.4 is 0 Å². The maximum Gasteiger partial charge on any atom is 0.306 e. The summed E-state index contributed by atoms with van der Waals surface area (Å²) in [5.41, 5.74) is 0. The summed E-state index contributed by atoms with van der Waals surface area (Å²) in [4.78, 5) is 24.3. The summed E-state index contributed by atoms with van der Waals surface area (Å²) in [5.74, 6) is -0.430. The van der Waals surface area contributed by atoms with Crippen molar-refractivity contribution in [2.45, 2.75) is 19.8 Å². The molecule has 0 unspecified atom stereocenters. The highest BCUT2D eigenvalue weighted by Crippen LogP contribution is 2.00. The van der Waals surface area contributed by atoms with Crippen molar-refractivity contribution in [1.29, 1.82) is 0 Å². The van der Waals surface area contributed by atoms with E-state index >= 15 is 0 Å². The lowest BCUT2D eigenvalue weighted by atomic mass is 10.2. The number of ether oxygens (including phenoxy) is 1. The molecule has 0 heterocycles. The standard InChI is InChI=1S/C12H19NO3/c1-4-9-13(10-5-2)11(14)7-8-12(15)16-6-3/h4-5H,1-2,6-10H2,3H3. The van der Waals surface area contributed by atoms with Crippen molar-refractivity contribution in [3.8, 4) is 0 Å². The summed E-state index contributed by atoms with van der Waals surface area (Å²) >= 11 is 0. The molecule has 0 aliphatic heterocycles. The molecule has 90 valence electrons. The van der Waals surface area contributed by atoms with E-state index in [1.165, 1.54) is 0 Å². The number of hydrogen-bond donors (Lipinski definition) is 0. The van der Waals surface area contributed by atoms with E-state index in [1.807, 2.05) is 0 Å². The first-order valence-corrected chi connectivity index (χ1v) is 5.30. The van der Waals surface area contributed by atoms with E-state index in [1.54, 1.807) is 24.0 Å². The second kappa shape index (κ2) is 8.71. The predicted octanol–water partition coefficient (Wildman–Crippen LogP) is 1.53. The molecule has 0 N–H and O–H groups in total. The van der Waals surface area contributed by atoms with Gasteiger partial charge in [-0.25, -0.2) is 0 Å². The van der Waals surface area contributed by atoms with Crippen LogP contribution in [0.4, 0.5) is 0 Å². The Morgan fingerprint density at radius 1 is 1.19 bits per heavy atom. The molecule has 0 saturated carbocycles. The summed E-state index contributed by atoms with van der Waals surface area (Å²) in [6.07, 6.45) is 3.58. The fourth-order valence-corrected chi connectivity index (χ4v) is 1.19. The molecule has 0 aromatic carbocycles. The largest absolute Gasteiger partial charge is 0.466 e. The zero-order chi connectivity index (χ0) is 12.4. The van der Waals surface area contributed by atoms with Gasteiger partial charge in [0.25, 0.3) is 0 Å². The van der Waals surface area contributed by atoms with E-state index in [4.69, 9.17) is 4.74 Å². The van der Waals surface area contributed by atoms with E-state index in [2.05, 4.69) is 13.2 Å². The highest BCUT2D eigenvalue weighted by Gasteiger charge is 2.12. The SMILES string of the molecule is C=CCN(CC=C)C(=O)CCC(=O)OCC. The van der Waals surface area contributed by atoms with Gasteiger partial charge >= 0.3 is 5.97 Å². The van der Waals surface area contributed by atoms with Crippen molar-refractivity contribution < 1.29 is 14.3 Å². The smallest absolute Gasteiger partial charge is 0.306 e. The first-order valence-electron chi connectivity index (χ1n) is 5.30. The Morgan fingerprint density at radius 2 is 1.75 bits per heavy atom. The molecular formula is C12H19NO3. The van der Waals surface area contributed by atoms with Crippen molar-refractivity contribution in [2.75, 3.05) is 19.7 Å². The minimum Gasteiger partial charge on any atom is -0.466 e. The topological polar surface area (TPSA) is 46.6 Å². The second-order valence-corrected chi connectivity index (χ2v) is 3.18. The molecule has 16 heavy (non-hydrogen) atoms. The Bertz CT molecular complexity index is 251. The molecule has 1 amide bonds. The van der Waals surface area contributed by atoms with Gasteiger partial charge in [-0.15, -0.1) is 13.2 Å². The zero-order valence-electron chi connectivity index (χ0n) is 9.78. The fraction of sp³-hybridized carbons (Fsp3) is 0.500. The molecule has 0 radical (unpaired) electrons. The van der Waals surface area contributed by atoms with Crippen LogP contribution in [0, 0.1) is 0 Å². The molecule has 4 nitrogen and oxygen atoms in total. The summed E-state index contributed by atoms with van der Waals surface area (Å²) in [5, 5.41) is 0. The summed E-state index contributed by atoms with van der Waals surface area (Å²) < 4.78 is 4.74. The zero-order valence-corrected chi connectivity index (χ0v) is 9.78. The van der Waals surface area contributed by atoms with Gasteiger partial charge in [-0.1, -0.05) is 12.2 Å². The van der Waals surface area contributed by atoms with Crippen LogP contribution >= 0.6 is 0 Å². The number of carbonyl (C=O) groups excluding carboxylic acids is 2. The molecule has 4 heteroatoms. The normalized spacial score (nSPS) is 9.31. The van der Waals surface area contributed by atoms with Gasteiger partial charge in [-0.05, 0) is 6.92 Å². The van der Waals surface area contributed by atoms with Gasteiger partial charge in [0.05, 0.1) is 13.0 Å². The third kappa shape index (κ3) is 6.01. The Hall–Kier alpha value is -1.58. The van der Waals surface area contributed by atoms with Crippen molar-refractivity contribution in [3.05, 3.63) is 25.3 Å². The average molecular weight is 225 g/mol. The van der Waals surface area contributed by atoms with E-state index in [9.17, 15) is 9.59 Å². The molecule has 0 aliphatic carbocycles. The van der Waals surface area contributed by atoms with Gasteiger partial charge in [0, 0.05) is 19.5 Å². The molecule has 0 aliphatic rings. The van der Waals surface area contributed by atoms with E-state index in [0.29, 0.717) is 19.7 Å². The summed E-state index contributed by atoms with van der Waals surface area (Å²) in [6, 6.07) is 0. The molecule has 0 bridgehead atoms. The molecule has 0 aromatic rings. The minimum absolute atomic E-state index is 0.0900. The van der Waals surface area contributed by atoms with Gasteiger partial charge in [0.15, 0.2) is 0 Å². The van der Waals surface area contributed by atoms with Crippen LogP contribution in [0.5, 0.6) is 0 Å². The van der Waals surface area contributed by atoms with Crippen LogP contribution in [0.25, 0.3) is 0 Å². The molecule has 0 aromatic heterocycles. The van der Waals surface area contributed by atoms with E-state index < -0.39 is 0 Å². The third-order valence-electron chi connectivity index (χ3n) is 1.90. The first-order chi connectivity index (χ1) is 7.65. The molecule has 0 fully saturated rings. The maximum atomic E-state index is 11.7. The Balaban J connectivity index is 4.04. The first kappa shape index (κ1) is 14.4. The van der Waals surface area contributed by atoms with Gasteiger partial charge in [0.1, 0.15) is 0 Å². The van der Waals surface area contributed by atoms with E-state index in [-0.39, 0.29) is 24.7 Å². The Kier molecular flexibility index (Phi) is 7.85. The quantitative estimate of drug-likeness (QED) is 0.465. The van der Waals surface area contributed by atoms with Crippen LogP contribution in [0.3, 0.4) is 0 Å². The van der Waals surface area contributed by atoms with Crippen LogP contribution in [0.15, 0.2) is 25.3 Å². The minimum atomic E-state index is -0.340. The lowest BCUT2D eigenvalue weighted by Gasteiger charge is -2.18. The number of esters is 1. The van der Waals surface area contributed by atoms with Crippen molar-refractivity contribution in [2.24, 2.45) is 0 Å². The van der Waals surface area contributed by atoms with Crippen LogP contribution in [-0.4, -0.2) is 36.5 Å². The monoisotopic (exact) mass is 225 g/mol. The Morgan fingerprint density at radius 3 is 2.19 bits per heavy atom. The molecule has 0 spiro atoms. The van der Waals surface area contributed by atoms with Crippen LogP contribution in [-0.2, 0) is 14.3 Å².